The van der Waals surface area contributed by atoms with E-state index in [0.717, 1.165) is 28.3 Å². The van der Waals surface area contributed by atoms with Crippen molar-refractivity contribution in [1.82, 2.24) is 9.97 Å². The second kappa shape index (κ2) is 4.67. The molecule has 1 heterocycles. The molecule has 0 bridgehead atoms. The molecular formula is C15H14ClN3. The van der Waals surface area contributed by atoms with E-state index in [-0.39, 0.29) is 5.92 Å². The lowest BCUT2D eigenvalue weighted by Crippen LogP contribution is -2.12. The fraction of sp³-hybridized carbons (Fsp3) is 0.200. The van der Waals surface area contributed by atoms with Crippen LogP contribution in [0.3, 0.4) is 0 Å². The fourth-order valence-corrected chi connectivity index (χ4v) is 2.76. The highest BCUT2D eigenvalue weighted by Crippen LogP contribution is 2.37. The highest BCUT2D eigenvalue weighted by molar-refractivity contribution is 6.31. The molecule has 1 aliphatic carbocycles. The molecule has 96 valence electrons. The third kappa shape index (κ3) is 2.00. The maximum atomic E-state index is 6.22. The summed E-state index contributed by atoms with van der Waals surface area (Å²) in [6, 6.07) is 5.99. The van der Waals surface area contributed by atoms with E-state index in [1.807, 2.05) is 25.1 Å². The van der Waals surface area contributed by atoms with Crippen molar-refractivity contribution in [2.75, 3.05) is 5.73 Å². The van der Waals surface area contributed by atoms with E-state index in [1.165, 1.54) is 11.9 Å². The minimum atomic E-state index is 0.198. The maximum Gasteiger partial charge on any atom is 0.134 e. The summed E-state index contributed by atoms with van der Waals surface area (Å²) in [5, 5.41) is 0.788. The largest absolute Gasteiger partial charge is 0.383 e. The Hall–Kier alpha value is -1.87. The number of hydrogen-bond acceptors (Lipinski definition) is 3. The fourth-order valence-electron chi connectivity index (χ4n) is 2.58. The minimum Gasteiger partial charge on any atom is -0.383 e. The molecule has 0 fully saturated rings. The van der Waals surface area contributed by atoms with E-state index in [2.05, 4.69) is 22.1 Å². The summed E-state index contributed by atoms with van der Waals surface area (Å²) in [7, 11) is 0. The summed E-state index contributed by atoms with van der Waals surface area (Å²) in [6.07, 6.45) is 6.55. The van der Waals surface area contributed by atoms with Crippen molar-refractivity contribution in [2.24, 2.45) is 0 Å². The lowest BCUT2D eigenvalue weighted by atomic mass is 9.84. The van der Waals surface area contributed by atoms with Gasteiger partial charge in [-0.25, -0.2) is 9.97 Å². The first kappa shape index (κ1) is 12.2. The van der Waals surface area contributed by atoms with Crippen LogP contribution in [0.5, 0.6) is 0 Å². The van der Waals surface area contributed by atoms with Gasteiger partial charge in [-0.2, -0.15) is 0 Å². The SMILES string of the molecule is Cc1c(Cl)cccc1C1CC=Cc2c(N)ncnc21. The van der Waals surface area contributed by atoms with Crippen LogP contribution in [0.2, 0.25) is 5.02 Å². The summed E-state index contributed by atoms with van der Waals surface area (Å²) >= 11 is 6.22. The van der Waals surface area contributed by atoms with Gasteiger partial charge in [-0.3, -0.25) is 0 Å². The highest BCUT2D eigenvalue weighted by Gasteiger charge is 2.23. The van der Waals surface area contributed by atoms with Crippen molar-refractivity contribution in [3.8, 4) is 0 Å². The van der Waals surface area contributed by atoms with E-state index >= 15 is 0 Å². The predicted molar refractivity (Wildman–Crippen MR) is 78.1 cm³/mol. The molecule has 2 aromatic rings. The molecule has 1 aromatic carbocycles. The van der Waals surface area contributed by atoms with Crippen LogP contribution < -0.4 is 5.73 Å². The van der Waals surface area contributed by atoms with Crippen LogP contribution in [0.15, 0.2) is 30.6 Å². The molecule has 4 heteroatoms. The number of nitrogen functional groups attached to an aromatic ring is 1. The van der Waals surface area contributed by atoms with Crippen molar-refractivity contribution in [2.45, 2.75) is 19.3 Å². The van der Waals surface area contributed by atoms with Gasteiger partial charge in [0, 0.05) is 16.5 Å². The van der Waals surface area contributed by atoms with Crippen LogP contribution in [0.1, 0.15) is 34.7 Å². The lowest BCUT2D eigenvalue weighted by molar-refractivity contribution is 0.772. The van der Waals surface area contributed by atoms with Crippen molar-refractivity contribution in [3.05, 3.63) is 58.0 Å². The molecule has 0 spiro atoms. The second-order valence-electron chi connectivity index (χ2n) is 4.70. The maximum absolute atomic E-state index is 6.22. The van der Waals surface area contributed by atoms with Gasteiger partial charge in [0.05, 0.1) is 5.69 Å². The van der Waals surface area contributed by atoms with E-state index in [0.29, 0.717) is 5.82 Å². The van der Waals surface area contributed by atoms with Gasteiger partial charge in [-0.05, 0) is 30.5 Å². The summed E-state index contributed by atoms with van der Waals surface area (Å²) in [5.41, 5.74) is 10.1. The molecule has 19 heavy (non-hydrogen) atoms. The Morgan fingerprint density at radius 2 is 2.16 bits per heavy atom. The standard InChI is InChI=1S/C15H14ClN3/c1-9-10(4-3-7-13(9)16)11-5-2-6-12-14(11)18-8-19-15(12)17/h2-4,6-8,11H,5H2,1H3,(H2,17,18,19). The van der Waals surface area contributed by atoms with Crippen LogP contribution >= 0.6 is 11.6 Å². The third-order valence-electron chi connectivity index (χ3n) is 3.62. The number of nitrogens with zero attached hydrogens (tertiary/aromatic N) is 2. The molecule has 0 aliphatic heterocycles. The summed E-state index contributed by atoms with van der Waals surface area (Å²) in [6.45, 7) is 2.04. The van der Waals surface area contributed by atoms with Gasteiger partial charge in [0.25, 0.3) is 0 Å². The number of rotatable bonds is 1. The topological polar surface area (TPSA) is 51.8 Å². The molecule has 3 rings (SSSR count). The highest BCUT2D eigenvalue weighted by atomic mass is 35.5. The van der Waals surface area contributed by atoms with Gasteiger partial charge in [0.15, 0.2) is 0 Å². The minimum absolute atomic E-state index is 0.198. The molecule has 1 aromatic heterocycles. The Morgan fingerprint density at radius 1 is 1.32 bits per heavy atom. The number of aromatic nitrogens is 2. The second-order valence-corrected chi connectivity index (χ2v) is 5.11. The molecule has 1 aliphatic rings. The number of anilines is 1. The number of hydrogen-bond donors (Lipinski definition) is 1. The zero-order valence-electron chi connectivity index (χ0n) is 10.6. The Balaban J connectivity index is 2.17. The number of fused-ring (bicyclic) bond motifs is 1. The van der Waals surface area contributed by atoms with Gasteiger partial charge in [0.2, 0.25) is 0 Å². The molecule has 0 saturated heterocycles. The van der Waals surface area contributed by atoms with E-state index in [9.17, 15) is 0 Å². The Kier molecular flexibility index (Phi) is 2.99. The monoisotopic (exact) mass is 271 g/mol. The molecule has 2 N–H and O–H groups in total. The van der Waals surface area contributed by atoms with Crippen molar-refractivity contribution in [1.29, 1.82) is 0 Å². The number of allylic oxidation sites excluding steroid dienone is 1. The van der Waals surface area contributed by atoms with Crippen molar-refractivity contribution in [3.63, 3.8) is 0 Å². The Labute approximate surface area is 117 Å². The summed E-state index contributed by atoms with van der Waals surface area (Å²) < 4.78 is 0. The molecule has 3 nitrogen and oxygen atoms in total. The molecule has 0 radical (unpaired) electrons. The van der Waals surface area contributed by atoms with Crippen LogP contribution in [0, 0.1) is 6.92 Å². The van der Waals surface area contributed by atoms with Crippen molar-refractivity contribution < 1.29 is 0 Å². The lowest BCUT2D eigenvalue weighted by Gasteiger charge is -2.23. The number of benzene rings is 1. The first-order chi connectivity index (χ1) is 9.18. The number of nitrogens with two attached hydrogens (primary N) is 1. The Morgan fingerprint density at radius 3 is 3.00 bits per heavy atom. The van der Waals surface area contributed by atoms with Crippen molar-refractivity contribution >= 4 is 23.5 Å². The molecule has 1 unspecified atom stereocenters. The summed E-state index contributed by atoms with van der Waals surface area (Å²) in [5.74, 6) is 0.731. The van der Waals surface area contributed by atoms with Gasteiger partial charge >= 0.3 is 0 Å². The zero-order valence-corrected chi connectivity index (χ0v) is 11.4. The third-order valence-corrected chi connectivity index (χ3v) is 4.03. The quantitative estimate of drug-likeness (QED) is 0.863. The van der Waals surface area contributed by atoms with Gasteiger partial charge < -0.3 is 5.73 Å². The van der Waals surface area contributed by atoms with Gasteiger partial charge in [-0.15, -0.1) is 0 Å². The molecule has 0 amide bonds. The van der Waals surface area contributed by atoms with E-state index < -0.39 is 0 Å². The van der Waals surface area contributed by atoms with Crippen LogP contribution in [-0.2, 0) is 0 Å². The van der Waals surface area contributed by atoms with Crippen LogP contribution in [0.25, 0.3) is 6.08 Å². The van der Waals surface area contributed by atoms with Crippen LogP contribution in [-0.4, -0.2) is 9.97 Å². The summed E-state index contributed by atoms with van der Waals surface area (Å²) in [4.78, 5) is 8.47. The van der Waals surface area contributed by atoms with Gasteiger partial charge in [-0.1, -0.05) is 35.9 Å². The predicted octanol–water partition coefficient (Wildman–Crippen LogP) is 3.57. The van der Waals surface area contributed by atoms with E-state index in [4.69, 9.17) is 17.3 Å². The first-order valence-corrected chi connectivity index (χ1v) is 6.58. The normalized spacial score (nSPS) is 17.3. The average molecular weight is 272 g/mol. The Bertz CT molecular complexity index is 664. The first-order valence-electron chi connectivity index (χ1n) is 6.20. The molecule has 1 atom stereocenters. The smallest absolute Gasteiger partial charge is 0.134 e. The molecular weight excluding hydrogens is 258 g/mol. The molecule has 0 saturated carbocycles. The van der Waals surface area contributed by atoms with Crippen LogP contribution in [0.4, 0.5) is 5.82 Å². The number of halogens is 1. The zero-order chi connectivity index (χ0) is 13.4. The average Bonchev–Trinajstić information content (AvgIpc) is 2.42. The van der Waals surface area contributed by atoms with Gasteiger partial charge in [0.1, 0.15) is 12.1 Å². The van der Waals surface area contributed by atoms with E-state index in [1.54, 1.807) is 0 Å².